The molecule has 0 saturated carbocycles. The molecule has 1 saturated heterocycles. The van der Waals surface area contributed by atoms with Crippen LogP contribution in [0, 0.1) is 0 Å². The van der Waals surface area contributed by atoms with E-state index in [4.69, 9.17) is 11.5 Å². The summed E-state index contributed by atoms with van der Waals surface area (Å²) in [7, 11) is -3.66. The highest BCUT2D eigenvalue weighted by atomic mass is 32.2. The molecule has 11 heteroatoms. The van der Waals surface area contributed by atoms with Crippen molar-refractivity contribution in [1.29, 1.82) is 0 Å². The number of pyridine rings is 1. The maximum absolute atomic E-state index is 13.3. The van der Waals surface area contributed by atoms with Gasteiger partial charge in [-0.25, -0.2) is 13.4 Å². The van der Waals surface area contributed by atoms with Gasteiger partial charge in [0.05, 0.1) is 11.8 Å². The summed E-state index contributed by atoms with van der Waals surface area (Å²) in [5.74, 6) is 0.324. The molecule has 10 nitrogen and oxygen atoms in total. The summed E-state index contributed by atoms with van der Waals surface area (Å²) in [6.45, 7) is 0.762. The number of piperidine rings is 1. The SMILES string of the molecule is Nc1nc(N)c2ncn(C3CCN(S(=O)(=O)c4cccc5cccnc45)CC3)c2n1. The van der Waals surface area contributed by atoms with E-state index >= 15 is 0 Å². The van der Waals surface area contributed by atoms with Crippen molar-refractivity contribution in [2.24, 2.45) is 0 Å². The molecule has 0 unspecified atom stereocenters. The van der Waals surface area contributed by atoms with Crippen LogP contribution in [0.4, 0.5) is 11.8 Å². The maximum Gasteiger partial charge on any atom is 0.245 e. The second kappa shape index (κ2) is 6.89. The molecule has 30 heavy (non-hydrogen) atoms. The lowest BCUT2D eigenvalue weighted by Crippen LogP contribution is -2.39. The molecule has 0 radical (unpaired) electrons. The van der Waals surface area contributed by atoms with E-state index in [9.17, 15) is 8.42 Å². The van der Waals surface area contributed by atoms with Gasteiger partial charge in [0.1, 0.15) is 10.4 Å². The fraction of sp³-hybridized carbons (Fsp3) is 0.263. The van der Waals surface area contributed by atoms with Gasteiger partial charge in [0.25, 0.3) is 0 Å². The number of benzene rings is 1. The Morgan fingerprint density at radius 3 is 2.53 bits per heavy atom. The van der Waals surface area contributed by atoms with Crippen LogP contribution in [-0.2, 0) is 10.0 Å². The summed E-state index contributed by atoms with van der Waals surface area (Å²) < 4.78 is 30.0. The van der Waals surface area contributed by atoms with Crippen molar-refractivity contribution < 1.29 is 8.42 Å². The van der Waals surface area contributed by atoms with Crippen molar-refractivity contribution >= 4 is 43.9 Å². The Kier molecular flexibility index (Phi) is 4.29. The number of imidazole rings is 1. The lowest BCUT2D eigenvalue weighted by atomic mass is 10.1. The summed E-state index contributed by atoms with van der Waals surface area (Å²) in [6.07, 6.45) is 4.51. The van der Waals surface area contributed by atoms with Crippen molar-refractivity contribution in [3.05, 3.63) is 42.9 Å². The van der Waals surface area contributed by atoms with E-state index in [2.05, 4.69) is 19.9 Å². The number of nitrogens with two attached hydrogens (primary N) is 2. The fourth-order valence-corrected chi connectivity index (χ4v) is 5.64. The zero-order valence-corrected chi connectivity index (χ0v) is 16.8. The minimum Gasteiger partial charge on any atom is -0.382 e. The fourth-order valence-electron chi connectivity index (χ4n) is 4.01. The number of para-hydroxylation sites is 1. The molecular formula is C19H20N8O2S. The molecule has 1 aliphatic rings. The smallest absolute Gasteiger partial charge is 0.245 e. The van der Waals surface area contributed by atoms with E-state index < -0.39 is 10.0 Å². The lowest BCUT2D eigenvalue weighted by Gasteiger charge is -2.32. The van der Waals surface area contributed by atoms with Crippen LogP contribution < -0.4 is 11.5 Å². The molecule has 0 bridgehead atoms. The normalized spacial score (nSPS) is 16.4. The summed E-state index contributed by atoms with van der Waals surface area (Å²) in [4.78, 5) is 17.0. The molecule has 4 N–H and O–H groups in total. The molecule has 5 rings (SSSR count). The second-order valence-corrected chi connectivity index (χ2v) is 9.16. The van der Waals surface area contributed by atoms with Gasteiger partial charge in [0.15, 0.2) is 11.5 Å². The third-order valence-corrected chi connectivity index (χ3v) is 7.43. The van der Waals surface area contributed by atoms with Crippen LogP contribution in [0.1, 0.15) is 18.9 Å². The highest BCUT2D eigenvalue weighted by molar-refractivity contribution is 7.89. The highest BCUT2D eigenvalue weighted by Crippen LogP contribution is 2.31. The maximum atomic E-state index is 13.3. The van der Waals surface area contributed by atoms with Crippen molar-refractivity contribution in [3.8, 4) is 0 Å². The largest absolute Gasteiger partial charge is 0.382 e. The van der Waals surface area contributed by atoms with Gasteiger partial charge in [-0.1, -0.05) is 18.2 Å². The molecule has 1 aromatic carbocycles. The minimum absolute atomic E-state index is 0.0424. The van der Waals surface area contributed by atoms with E-state index in [0.717, 1.165) is 5.39 Å². The first kappa shape index (κ1) is 18.7. The Hall–Kier alpha value is -3.31. The predicted molar refractivity (Wildman–Crippen MR) is 113 cm³/mol. The summed E-state index contributed by atoms with van der Waals surface area (Å²) in [5, 5.41) is 0.799. The average molecular weight is 424 g/mol. The number of hydrogen-bond acceptors (Lipinski definition) is 8. The molecule has 1 fully saturated rings. The van der Waals surface area contributed by atoms with Crippen LogP contribution in [0.3, 0.4) is 0 Å². The van der Waals surface area contributed by atoms with E-state index in [0.29, 0.717) is 42.6 Å². The second-order valence-electron chi connectivity index (χ2n) is 7.26. The first-order chi connectivity index (χ1) is 14.4. The van der Waals surface area contributed by atoms with E-state index in [-0.39, 0.29) is 22.7 Å². The van der Waals surface area contributed by atoms with Gasteiger partial charge in [-0.2, -0.15) is 14.3 Å². The van der Waals surface area contributed by atoms with Crippen LogP contribution in [0.5, 0.6) is 0 Å². The molecule has 0 spiro atoms. The molecule has 154 valence electrons. The number of rotatable bonds is 3. The molecule has 4 aromatic rings. The zero-order chi connectivity index (χ0) is 20.9. The average Bonchev–Trinajstić information content (AvgIpc) is 3.17. The molecule has 3 aromatic heterocycles. The molecule has 0 aliphatic carbocycles. The minimum atomic E-state index is -3.66. The first-order valence-electron chi connectivity index (χ1n) is 9.54. The molecule has 0 atom stereocenters. The number of anilines is 2. The Labute approximate surface area is 172 Å². The van der Waals surface area contributed by atoms with E-state index in [1.807, 2.05) is 16.7 Å². The highest BCUT2D eigenvalue weighted by Gasteiger charge is 2.32. The Morgan fingerprint density at radius 2 is 1.73 bits per heavy atom. The zero-order valence-electron chi connectivity index (χ0n) is 16.0. The number of nitrogens with zero attached hydrogens (tertiary/aromatic N) is 6. The van der Waals surface area contributed by atoms with Crippen LogP contribution in [0.15, 0.2) is 47.8 Å². The van der Waals surface area contributed by atoms with Crippen molar-refractivity contribution in [3.63, 3.8) is 0 Å². The van der Waals surface area contributed by atoms with Gasteiger partial charge >= 0.3 is 0 Å². The van der Waals surface area contributed by atoms with Gasteiger partial charge in [-0.3, -0.25) is 4.98 Å². The lowest BCUT2D eigenvalue weighted by molar-refractivity contribution is 0.277. The predicted octanol–water partition coefficient (Wildman–Crippen LogP) is 1.56. The first-order valence-corrected chi connectivity index (χ1v) is 11.0. The third-order valence-electron chi connectivity index (χ3n) is 5.50. The summed E-state index contributed by atoms with van der Waals surface area (Å²) in [6, 6.07) is 8.91. The van der Waals surface area contributed by atoms with Gasteiger partial charge < -0.3 is 16.0 Å². The molecule has 0 amide bonds. The van der Waals surface area contributed by atoms with Crippen LogP contribution in [0.2, 0.25) is 0 Å². The molecule has 4 heterocycles. The molecule has 1 aliphatic heterocycles. The van der Waals surface area contributed by atoms with E-state index in [1.165, 1.54) is 4.31 Å². The van der Waals surface area contributed by atoms with Gasteiger partial charge in [0, 0.05) is 30.7 Å². The number of hydrogen-bond donors (Lipinski definition) is 2. The Balaban J connectivity index is 1.42. The number of fused-ring (bicyclic) bond motifs is 2. The van der Waals surface area contributed by atoms with Gasteiger partial charge in [-0.05, 0) is 25.0 Å². The van der Waals surface area contributed by atoms with Crippen LogP contribution in [-0.4, -0.2) is 50.3 Å². The number of sulfonamides is 1. The molecular weight excluding hydrogens is 404 g/mol. The Morgan fingerprint density at radius 1 is 0.967 bits per heavy atom. The van der Waals surface area contributed by atoms with Crippen molar-refractivity contribution in [2.45, 2.75) is 23.8 Å². The van der Waals surface area contributed by atoms with Crippen LogP contribution in [0.25, 0.3) is 22.1 Å². The van der Waals surface area contributed by atoms with Crippen molar-refractivity contribution in [1.82, 2.24) is 28.8 Å². The topological polar surface area (TPSA) is 146 Å². The Bertz CT molecular complexity index is 1350. The standard InChI is InChI=1S/C19H20N8O2S/c20-17-16-18(25-19(21)24-17)27(11-23-16)13-6-9-26(10-7-13)30(28,29)14-5-1-3-12-4-2-8-22-15(12)14/h1-5,8,11,13H,6-7,9-10H2,(H4,20,21,24,25). The van der Waals surface area contributed by atoms with E-state index in [1.54, 1.807) is 30.7 Å². The third kappa shape index (κ3) is 2.94. The van der Waals surface area contributed by atoms with Gasteiger partial charge in [0.2, 0.25) is 16.0 Å². The number of aromatic nitrogens is 5. The van der Waals surface area contributed by atoms with Crippen molar-refractivity contribution in [2.75, 3.05) is 24.6 Å². The van der Waals surface area contributed by atoms with Gasteiger partial charge in [-0.15, -0.1) is 0 Å². The monoisotopic (exact) mass is 424 g/mol. The van der Waals surface area contributed by atoms with Crippen LogP contribution >= 0.6 is 0 Å². The summed E-state index contributed by atoms with van der Waals surface area (Å²) >= 11 is 0. The quantitative estimate of drug-likeness (QED) is 0.504. The summed E-state index contributed by atoms with van der Waals surface area (Å²) in [5.41, 5.74) is 13.2. The number of nitrogen functional groups attached to an aromatic ring is 2.